The Labute approximate surface area is 178 Å². The number of phosphoric ester groups is 1. The van der Waals surface area contributed by atoms with E-state index < -0.39 is 65.7 Å². The van der Waals surface area contributed by atoms with Gasteiger partial charge in [0.2, 0.25) is 0 Å². The van der Waals surface area contributed by atoms with Crippen molar-refractivity contribution in [2.24, 2.45) is 0 Å². The lowest BCUT2D eigenvalue weighted by molar-refractivity contribution is -0.0228. The van der Waals surface area contributed by atoms with Crippen molar-refractivity contribution in [3.05, 3.63) is 32.6 Å². The summed E-state index contributed by atoms with van der Waals surface area (Å²) in [6.07, 6.45) is -4.91. The van der Waals surface area contributed by atoms with Gasteiger partial charge in [0.1, 0.15) is 24.4 Å². The Balaban J connectivity index is 2.13. The van der Waals surface area contributed by atoms with Gasteiger partial charge in [0.15, 0.2) is 0 Å². The largest absolute Gasteiger partial charge is 0.490 e. The zero-order valence-electron chi connectivity index (χ0n) is 16.2. The molecule has 184 valence electrons. The van der Waals surface area contributed by atoms with Crippen LogP contribution in [0.4, 0.5) is 0 Å². The topological polar surface area (TPSA) is 264 Å². The van der Waals surface area contributed by atoms with E-state index in [4.69, 9.17) is 19.4 Å². The maximum Gasteiger partial charge on any atom is 0.490 e. The van der Waals surface area contributed by atoms with Crippen molar-refractivity contribution in [2.75, 3.05) is 6.61 Å². The van der Waals surface area contributed by atoms with E-state index >= 15 is 0 Å². The van der Waals surface area contributed by atoms with Gasteiger partial charge in [-0.2, -0.15) is 8.62 Å². The van der Waals surface area contributed by atoms with E-state index in [0.29, 0.717) is 6.42 Å². The molecule has 32 heavy (non-hydrogen) atoms. The number of rotatable bonds is 10. The van der Waals surface area contributed by atoms with Crippen molar-refractivity contribution in [1.29, 1.82) is 0 Å². The van der Waals surface area contributed by atoms with Crippen LogP contribution < -0.4 is 11.2 Å². The maximum atomic E-state index is 12.1. The third-order valence-electron chi connectivity index (χ3n) is 3.99. The molecule has 0 bridgehead atoms. The van der Waals surface area contributed by atoms with Gasteiger partial charge in [-0.25, -0.2) is 18.5 Å². The first-order valence-electron chi connectivity index (χ1n) is 8.69. The molecule has 2 heterocycles. The van der Waals surface area contributed by atoms with Gasteiger partial charge < -0.3 is 39.1 Å². The van der Waals surface area contributed by atoms with Crippen LogP contribution in [-0.2, 0) is 38.1 Å². The Hall–Kier alpha value is -1.03. The van der Waals surface area contributed by atoms with E-state index in [1.165, 1.54) is 0 Å². The van der Waals surface area contributed by atoms with Crippen LogP contribution in [0.5, 0.6) is 0 Å². The highest BCUT2D eigenvalue weighted by Gasteiger charge is 2.47. The normalized spacial score (nSPS) is 27.7. The standard InChI is InChI=1S/C12H21N2O15P3/c1-2-3-14-4-6(11(17)13-12(14)18)10-9(16)8(15)7(27-10)5-26-31(22,23)29-32(24,25)28-30(19,20)21/h4,7-10,15-16H,2-3,5H2,1H3,(H,22,23)(H,24,25)(H,13,17,18)(H2,19,20,21). The van der Waals surface area contributed by atoms with Crippen LogP contribution in [0.15, 0.2) is 15.8 Å². The van der Waals surface area contributed by atoms with Gasteiger partial charge in [0, 0.05) is 12.7 Å². The fourth-order valence-electron chi connectivity index (χ4n) is 2.75. The molecular formula is C12H21N2O15P3. The molecule has 0 spiro atoms. The summed E-state index contributed by atoms with van der Waals surface area (Å²) in [7, 11) is -16.8. The predicted molar refractivity (Wildman–Crippen MR) is 101 cm³/mol. The number of aromatic nitrogens is 2. The number of nitrogens with one attached hydrogen (secondary N) is 1. The van der Waals surface area contributed by atoms with Crippen molar-refractivity contribution in [1.82, 2.24) is 9.55 Å². The van der Waals surface area contributed by atoms with Gasteiger partial charge in [0.05, 0.1) is 12.2 Å². The van der Waals surface area contributed by atoms with Gasteiger partial charge >= 0.3 is 29.2 Å². The lowest BCUT2D eigenvalue weighted by Gasteiger charge is -2.19. The Bertz CT molecular complexity index is 1080. The van der Waals surface area contributed by atoms with Crippen LogP contribution in [0.1, 0.15) is 25.0 Å². The number of aliphatic hydroxyl groups is 2. The molecule has 7 N–H and O–H groups in total. The van der Waals surface area contributed by atoms with Gasteiger partial charge in [-0.3, -0.25) is 14.3 Å². The highest BCUT2D eigenvalue weighted by molar-refractivity contribution is 7.66. The Kier molecular flexibility index (Phi) is 8.57. The fourth-order valence-corrected chi connectivity index (χ4v) is 5.78. The molecule has 0 amide bonds. The van der Waals surface area contributed by atoms with Crippen molar-refractivity contribution < 1.29 is 61.4 Å². The number of ether oxygens (including phenoxy) is 1. The maximum absolute atomic E-state index is 12.1. The Morgan fingerprint density at radius 1 is 1.06 bits per heavy atom. The second-order valence-corrected chi connectivity index (χ2v) is 10.9. The molecule has 1 saturated heterocycles. The molecule has 2 rings (SSSR count). The Morgan fingerprint density at radius 3 is 2.25 bits per heavy atom. The molecule has 1 aromatic heterocycles. The summed E-state index contributed by atoms with van der Waals surface area (Å²) in [5, 5.41) is 20.3. The fraction of sp³-hybridized carbons (Fsp3) is 0.667. The number of aryl methyl sites for hydroxylation is 1. The zero-order valence-corrected chi connectivity index (χ0v) is 18.8. The summed E-state index contributed by atoms with van der Waals surface area (Å²) in [4.78, 5) is 61.5. The van der Waals surface area contributed by atoms with Crippen molar-refractivity contribution >= 4 is 23.5 Å². The average molecular weight is 526 g/mol. The minimum atomic E-state index is -5.74. The van der Waals surface area contributed by atoms with Crippen LogP contribution in [0.25, 0.3) is 0 Å². The van der Waals surface area contributed by atoms with Crippen molar-refractivity contribution in [3.63, 3.8) is 0 Å². The molecule has 20 heteroatoms. The molecule has 1 fully saturated rings. The number of hydrogen-bond donors (Lipinski definition) is 7. The van der Waals surface area contributed by atoms with E-state index in [2.05, 4.69) is 13.1 Å². The number of nitrogens with zero attached hydrogens (tertiary/aromatic N) is 1. The lowest BCUT2D eigenvalue weighted by Crippen LogP contribution is -2.36. The van der Waals surface area contributed by atoms with Crippen molar-refractivity contribution in [3.8, 4) is 0 Å². The van der Waals surface area contributed by atoms with Gasteiger partial charge in [-0.15, -0.1) is 0 Å². The molecule has 6 atom stereocenters. The summed E-state index contributed by atoms with van der Waals surface area (Å²) in [6.45, 7) is 0.953. The molecular weight excluding hydrogens is 505 g/mol. The number of aromatic amines is 1. The quantitative estimate of drug-likeness (QED) is 0.170. The third-order valence-corrected chi connectivity index (χ3v) is 7.79. The molecule has 1 aromatic rings. The first kappa shape index (κ1) is 27.2. The highest BCUT2D eigenvalue weighted by Crippen LogP contribution is 2.66. The molecule has 0 aliphatic carbocycles. The van der Waals surface area contributed by atoms with Crippen molar-refractivity contribution in [2.45, 2.75) is 44.3 Å². The molecule has 0 saturated carbocycles. The number of phosphoric acid groups is 3. The summed E-state index contributed by atoms with van der Waals surface area (Å²) in [6, 6.07) is 0. The van der Waals surface area contributed by atoms with Crippen LogP contribution in [0.3, 0.4) is 0 Å². The predicted octanol–water partition coefficient (Wildman–Crippen LogP) is -1.55. The smallest absolute Gasteiger partial charge is 0.387 e. The number of H-pyrrole nitrogens is 1. The molecule has 6 unspecified atom stereocenters. The average Bonchev–Trinajstić information content (AvgIpc) is 2.87. The first-order valence-corrected chi connectivity index (χ1v) is 13.2. The minimum absolute atomic E-state index is 0.226. The second kappa shape index (κ2) is 10.1. The molecule has 1 aliphatic rings. The van der Waals surface area contributed by atoms with Crippen LogP contribution in [0, 0.1) is 0 Å². The van der Waals surface area contributed by atoms with Gasteiger partial charge in [-0.05, 0) is 6.42 Å². The van der Waals surface area contributed by atoms with E-state index in [9.17, 15) is 38.4 Å². The summed E-state index contributed by atoms with van der Waals surface area (Å²) in [5.41, 5.74) is -1.85. The number of hydrogen-bond acceptors (Lipinski definition) is 11. The van der Waals surface area contributed by atoms with Crippen LogP contribution in [0.2, 0.25) is 0 Å². The van der Waals surface area contributed by atoms with E-state index in [1.54, 1.807) is 6.92 Å². The lowest BCUT2D eigenvalue weighted by atomic mass is 10.0. The molecule has 0 radical (unpaired) electrons. The first-order chi connectivity index (χ1) is 14.6. The van der Waals surface area contributed by atoms with E-state index in [0.717, 1.165) is 10.8 Å². The third kappa shape index (κ3) is 7.23. The SMILES string of the molecule is CCCn1cc(C2OC(COP(=O)(O)OP(=O)(O)OP(=O)(O)O)C(O)C2O)c(=O)[nH]c1=O. The minimum Gasteiger partial charge on any atom is -0.387 e. The zero-order chi connectivity index (χ0) is 24.5. The van der Waals surface area contributed by atoms with Crippen LogP contribution >= 0.6 is 23.5 Å². The molecule has 1 aliphatic heterocycles. The van der Waals surface area contributed by atoms with Crippen LogP contribution in [-0.4, -0.2) is 64.3 Å². The summed E-state index contributed by atoms with van der Waals surface area (Å²) in [5.74, 6) is 0. The van der Waals surface area contributed by atoms with Gasteiger partial charge in [-0.1, -0.05) is 6.92 Å². The highest BCUT2D eigenvalue weighted by atomic mass is 31.3. The summed E-state index contributed by atoms with van der Waals surface area (Å²) < 4.78 is 51.6. The van der Waals surface area contributed by atoms with Gasteiger partial charge in [0.25, 0.3) is 5.56 Å². The van der Waals surface area contributed by atoms with E-state index in [1.807, 2.05) is 4.98 Å². The summed E-state index contributed by atoms with van der Waals surface area (Å²) >= 11 is 0. The number of aliphatic hydroxyl groups excluding tert-OH is 2. The molecule has 0 aromatic carbocycles. The molecule has 17 nitrogen and oxygen atoms in total. The monoisotopic (exact) mass is 526 g/mol. The van der Waals surface area contributed by atoms with E-state index in [-0.39, 0.29) is 12.1 Å². The second-order valence-electron chi connectivity index (χ2n) is 6.50. The Morgan fingerprint density at radius 2 is 1.69 bits per heavy atom.